The molecule has 2 aromatic rings. The van der Waals surface area contributed by atoms with Crippen molar-refractivity contribution in [2.24, 2.45) is 5.92 Å². The highest BCUT2D eigenvalue weighted by molar-refractivity contribution is 5.81. The minimum absolute atomic E-state index is 0.0428. The lowest BCUT2D eigenvalue weighted by Crippen LogP contribution is -2.43. The van der Waals surface area contributed by atoms with Crippen LogP contribution in [0.15, 0.2) is 48.7 Å². The number of benzene rings is 1. The van der Waals surface area contributed by atoms with Crippen LogP contribution in [0.2, 0.25) is 0 Å². The summed E-state index contributed by atoms with van der Waals surface area (Å²) < 4.78 is 5.14. The van der Waals surface area contributed by atoms with E-state index in [2.05, 4.69) is 10.3 Å². The third-order valence-electron chi connectivity index (χ3n) is 4.90. The number of likely N-dealkylation sites (tertiary alicyclic amines) is 1. The number of nitrogens with one attached hydrogen (secondary N) is 1. The minimum Gasteiger partial charge on any atom is -0.497 e. The van der Waals surface area contributed by atoms with Crippen molar-refractivity contribution in [3.05, 3.63) is 59.9 Å². The molecule has 0 atom stereocenters. The summed E-state index contributed by atoms with van der Waals surface area (Å²) in [4.78, 5) is 30.9. The Morgan fingerprint density at radius 2 is 1.89 bits per heavy atom. The van der Waals surface area contributed by atoms with Crippen molar-refractivity contribution >= 4 is 11.8 Å². The maximum absolute atomic E-state index is 12.5. The van der Waals surface area contributed by atoms with E-state index in [1.165, 1.54) is 0 Å². The highest BCUT2D eigenvalue weighted by Crippen LogP contribution is 2.19. The van der Waals surface area contributed by atoms with Crippen LogP contribution in [-0.4, -0.2) is 41.9 Å². The lowest BCUT2D eigenvalue weighted by Gasteiger charge is -2.31. The number of rotatable bonds is 6. The van der Waals surface area contributed by atoms with Crippen LogP contribution in [0.3, 0.4) is 0 Å². The number of carbonyl (C=O) groups excluding carboxylic acids is 2. The molecule has 142 valence electrons. The molecule has 0 spiro atoms. The molecular formula is C21H25N3O3. The van der Waals surface area contributed by atoms with Crippen LogP contribution in [0.25, 0.3) is 0 Å². The van der Waals surface area contributed by atoms with Crippen molar-refractivity contribution in [2.75, 3.05) is 20.2 Å². The molecule has 6 heteroatoms. The average molecular weight is 367 g/mol. The Morgan fingerprint density at radius 1 is 1.15 bits per heavy atom. The molecule has 27 heavy (non-hydrogen) atoms. The number of piperidine rings is 1. The maximum Gasteiger partial charge on any atom is 0.226 e. The topological polar surface area (TPSA) is 71.5 Å². The molecule has 0 aliphatic carbocycles. The van der Waals surface area contributed by atoms with Crippen molar-refractivity contribution in [1.29, 1.82) is 0 Å². The van der Waals surface area contributed by atoms with Gasteiger partial charge in [-0.15, -0.1) is 0 Å². The number of ether oxygens (including phenoxy) is 1. The molecule has 1 aromatic carbocycles. The Bertz CT molecular complexity index is 754. The van der Waals surface area contributed by atoms with Crippen molar-refractivity contribution in [1.82, 2.24) is 15.2 Å². The lowest BCUT2D eigenvalue weighted by atomic mass is 9.95. The van der Waals surface area contributed by atoms with Gasteiger partial charge in [-0.2, -0.15) is 0 Å². The van der Waals surface area contributed by atoms with Crippen LogP contribution in [0.4, 0.5) is 0 Å². The Balaban J connectivity index is 1.43. The Hall–Kier alpha value is -2.89. The van der Waals surface area contributed by atoms with E-state index in [1.54, 1.807) is 13.3 Å². The van der Waals surface area contributed by atoms with E-state index in [-0.39, 0.29) is 17.7 Å². The molecular weight excluding hydrogens is 342 g/mol. The van der Waals surface area contributed by atoms with Gasteiger partial charge in [-0.1, -0.05) is 18.2 Å². The van der Waals surface area contributed by atoms with Crippen LogP contribution < -0.4 is 10.1 Å². The van der Waals surface area contributed by atoms with E-state index >= 15 is 0 Å². The summed E-state index contributed by atoms with van der Waals surface area (Å²) in [6.07, 6.45) is 3.49. The third-order valence-corrected chi connectivity index (χ3v) is 4.90. The van der Waals surface area contributed by atoms with E-state index in [0.29, 0.717) is 38.9 Å². The van der Waals surface area contributed by atoms with E-state index in [1.807, 2.05) is 47.4 Å². The van der Waals surface area contributed by atoms with Gasteiger partial charge in [0.2, 0.25) is 11.8 Å². The second kappa shape index (κ2) is 9.16. The Morgan fingerprint density at radius 3 is 2.52 bits per heavy atom. The van der Waals surface area contributed by atoms with Crippen molar-refractivity contribution in [2.45, 2.75) is 25.8 Å². The standard InChI is InChI=1S/C21H25N3O3/c1-27-19-7-5-16(6-8-19)14-20(25)24-12-9-17(10-13-24)21(26)23-15-18-4-2-3-11-22-18/h2-8,11,17H,9-10,12-15H2,1H3,(H,23,26). The molecule has 0 saturated carbocycles. The number of nitrogens with zero attached hydrogens (tertiary/aromatic N) is 2. The molecule has 1 aliphatic rings. The molecule has 0 unspecified atom stereocenters. The SMILES string of the molecule is COc1ccc(CC(=O)N2CCC(C(=O)NCc3ccccn3)CC2)cc1. The van der Waals surface area contributed by atoms with Crippen molar-refractivity contribution in [3.8, 4) is 5.75 Å². The second-order valence-corrected chi connectivity index (χ2v) is 6.72. The molecule has 3 rings (SSSR count). The third kappa shape index (κ3) is 5.29. The Labute approximate surface area is 159 Å². The monoisotopic (exact) mass is 367 g/mol. The highest BCUT2D eigenvalue weighted by atomic mass is 16.5. The first-order chi connectivity index (χ1) is 13.2. The zero-order chi connectivity index (χ0) is 19.1. The quantitative estimate of drug-likeness (QED) is 0.850. The molecule has 6 nitrogen and oxygen atoms in total. The fraction of sp³-hybridized carbons (Fsp3) is 0.381. The zero-order valence-electron chi connectivity index (χ0n) is 15.6. The van der Waals surface area contributed by atoms with Gasteiger partial charge in [0, 0.05) is 25.2 Å². The second-order valence-electron chi connectivity index (χ2n) is 6.72. The van der Waals surface area contributed by atoms with E-state index in [0.717, 1.165) is 17.0 Å². The molecule has 2 amide bonds. The highest BCUT2D eigenvalue weighted by Gasteiger charge is 2.27. The van der Waals surface area contributed by atoms with Gasteiger partial charge < -0.3 is 15.0 Å². The van der Waals surface area contributed by atoms with Crippen LogP contribution in [0.5, 0.6) is 5.75 Å². The number of hydrogen-bond donors (Lipinski definition) is 1. The molecule has 0 radical (unpaired) electrons. The normalized spacial score (nSPS) is 14.6. The van der Waals surface area contributed by atoms with Crippen LogP contribution >= 0.6 is 0 Å². The van der Waals surface area contributed by atoms with Crippen molar-refractivity contribution < 1.29 is 14.3 Å². The van der Waals surface area contributed by atoms with Gasteiger partial charge in [0.1, 0.15) is 5.75 Å². The molecule has 2 heterocycles. The summed E-state index contributed by atoms with van der Waals surface area (Å²) in [7, 11) is 1.62. The number of methoxy groups -OCH3 is 1. The van der Waals surface area contributed by atoms with E-state index in [4.69, 9.17) is 4.74 Å². The fourth-order valence-corrected chi connectivity index (χ4v) is 3.25. The zero-order valence-corrected chi connectivity index (χ0v) is 15.6. The molecule has 1 N–H and O–H groups in total. The van der Waals surface area contributed by atoms with Gasteiger partial charge in [0.25, 0.3) is 0 Å². The summed E-state index contributed by atoms with van der Waals surface area (Å²) in [5, 5.41) is 2.95. The first-order valence-electron chi connectivity index (χ1n) is 9.24. The summed E-state index contributed by atoms with van der Waals surface area (Å²) in [6, 6.07) is 13.2. The predicted octanol–water partition coefficient (Wildman–Crippen LogP) is 2.19. The van der Waals surface area contributed by atoms with Gasteiger partial charge in [-0.3, -0.25) is 14.6 Å². The summed E-state index contributed by atoms with van der Waals surface area (Å²) >= 11 is 0. The van der Waals surface area contributed by atoms with Gasteiger partial charge in [-0.05, 0) is 42.7 Å². The van der Waals surface area contributed by atoms with Gasteiger partial charge in [-0.25, -0.2) is 0 Å². The largest absolute Gasteiger partial charge is 0.497 e. The number of amides is 2. The average Bonchev–Trinajstić information content (AvgIpc) is 2.73. The van der Waals surface area contributed by atoms with Crippen LogP contribution in [0.1, 0.15) is 24.1 Å². The van der Waals surface area contributed by atoms with Crippen LogP contribution in [0, 0.1) is 5.92 Å². The molecule has 0 bridgehead atoms. The Kier molecular flexibility index (Phi) is 6.41. The summed E-state index contributed by atoms with van der Waals surface area (Å²) in [5.41, 5.74) is 1.81. The molecule has 1 saturated heterocycles. The molecule has 1 aliphatic heterocycles. The van der Waals surface area contributed by atoms with Crippen molar-refractivity contribution in [3.63, 3.8) is 0 Å². The minimum atomic E-state index is -0.0428. The summed E-state index contributed by atoms with van der Waals surface area (Å²) in [5.74, 6) is 0.887. The number of aromatic nitrogens is 1. The predicted molar refractivity (Wildman–Crippen MR) is 102 cm³/mol. The van der Waals surface area contributed by atoms with Gasteiger partial charge in [0.15, 0.2) is 0 Å². The molecule has 1 aromatic heterocycles. The number of carbonyl (C=O) groups is 2. The maximum atomic E-state index is 12.5. The first kappa shape index (κ1) is 18.9. The number of hydrogen-bond acceptors (Lipinski definition) is 4. The number of pyridine rings is 1. The first-order valence-corrected chi connectivity index (χ1v) is 9.24. The smallest absolute Gasteiger partial charge is 0.226 e. The fourth-order valence-electron chi connectivity index (χ4n) is 3.25. The van der Waals surface area contributed by atoms with E-state index < -0.39 is 0 Å². The van der Waals surface area contributed by atoms with Crippen LogP contribution in [-0.2, 0) is 22.6 Å². The lowest BCUT2D eigenvalue weighted by molar-refractivity contribution is -0.135. The molecule has 1 fully saturated rings. The summed E-state index contributed by atoms with van der Waals surface area (Å²) in [6.45, 7) is 1.68. The van der Waals surface area contributed by atoms with E-state index in [9.17, 15) is 9.59 Å². The van der Waals surface area contributed by atoms with Gasteiger partial charge in [0.05, 0.1) is 25.8 Å². The van der Waals surface area contributed by atoms with Gasteiger partial charge >= 0.3 is 0 Å².